The van der Waals surface area contributed by atoms with Crippen molar-refractivity contribution in [3.05, 3.63) is 0 Å². The average Bonchev–Trinajstić information content (AvgIpc) is 3.11. The summed E-state index contributed by atoms with van der Waals surface area (Å²) in [4.78, 5) is 5.49. The van der Waals surface area contributed by atoms with Crippen LogP contribution >= 0.6 is 0 Å². The third-order valence-corrected chi connectivity index (χ3v) is 5.74. The Bertz CT molecular complexity index is 313. The van der Waals surface area contributed by atoms with Crippen LogP contribution in [0.5, 0.6) is 0 Å². The van der Waals surface area contributed by atoms with Gasteiger partial charge in [0.1, 0.15) is 0 Å². The minimum absolute atomic E-state index is 0.294. The summed E-state index contributed by atoms with van der Waals surface area (Å²) < 4.78 is 0. The summed E-state index contributed by atoms with van der Waals surface area (Å²) in [5.41, 5.74) is 6.59. The van der Waals surface area contributed by atoms with E-state index < -0.39 is 0 Å². The van der Waals surface area contributed by atoms with Crippen molar-refractivity contribution in [3.63, 3.8) is 0 Å². The maximum absolute atomic E-state index is 6.30. The normalized spacial score (nSPS) is 36.2. The van der Waals surface area contributed by atoms with E-state index in [1.54, 1.807) is 0 Å². The lowest BCUT2D eigenvalue weighted by atomic mass is 9.80. The molecule has 0 aromatic rings. The van der Waals surface area contributed by atoms with Gasteiger partial charge in [0.05, 0.1) is 0 Å². The lowest BCUT2D eigenvalue weighted by Gasteiger charge is -2.52. The Kier molecular flexibility index (Phi) is 3.89. The first-order chi connectivity index (χ1) is 9.14. The first-order valence-electron chi connectivity index (χ1n) is 8.35. The van der Waals surface area contributed by atoms with Gasteiger partial charge in [-0.25, -0.2) is 0 Å². The maximum atomic E-state index is 6.30. The molecule has 2 heterocycles. The standard InChI is InChI=1S/C16H31N3/c1-13(2)19(11-14-5-6-14)16(12-17)7-9-18-8-3-4-15(18)10-16/h13-15H,3-12,17H2,1-2H3. The van der Waals surface area contributed by atoms with Crippen LogP contribution in [0, 0.1) is 5.92 Å². The van der Waals surface area contributed by atoms with E-state index in [4.69, 9.17) is 5.73 Å². The van der Waals surface area contributed by atoms with Crippen molar-refractivity contribution in [2.24, 2.45) is 11.7 Å². The van der Waals surface area contributed by atoms with Crippen LogP contribution in [-0.2, 0) is 0 Å². The van der Waals surface area contributed by atoms with Crippen LogP contribution in [0.25, 0.3) is 0 Å². The molecule has 0 aromatic heterocycles. The number of hydrogen-bond acceptors (Lipinski definition) is 3. The van der Waals surface area contributed by atoms with Crippen molar-refractivity contribution >= 4 is 0 Å². The van der Waals surface area contributed by atoms with Crippen LogP contribution in [0.15, 0.2) is 0 Å². The fourth-order valence-corrected chi connectivity index (χ4v) is 4.41. The number of piperidine rings is 1. The smallest absolute Gasteiger partial charge is 0.0361 e. The Hall–Kier alpha value is -0.120. The molecule has 2 atom stereocenters. The van der Waals surface area contributed by atoms with Crippen molar-refractivity contribution in [2.75, 3.05) is 26.2 Å². The van der Waals surface area contributed by atoms with Gasteiger partial charge < -0.3 is 10.6 Å². The molecule has 19 heavy (non-hydrogen) atoms. The zero-order chi connectivity index (χ0) is 13.5. The average molecular weight is 265 g/mol. The summed E-state index contributed by atoms with van der Waals surface area (Å²) in [7, 11) is 0. The molecular formula is C16H31N3. The second-order valence-corrected chi connectivity index (χ2v) is 7.40. The fraction of sp³-hybridized carbons (Fsp3) is 1.00. The third kappa shape index (κ3) is 2.70. The van der Waals surface area contributed by atoms with Gasteiger partial charge in [0.15, 0.2) is 0 Å². The molecule has 2 unspecified atom stereocenters. The zero-order valence-electron chi connectivity index (χ0n) is 12.8. The highest BCUT2D eigenvalue weighted by molar-refractivity contribution is 5.03. The van der Waals surface area contributed by atoms with Crippen molar-refractivity contribution in [1.82, 2.24) is 9.80 Å². The Balaban J connectivity index is 1.75. The first kappa shape index (κ1) is 13.8. The lowest BCUT2D eigenvalue weighted by Crippen LogP contribution is -2.63. The Morgan fingerprint density at radius 2 is 2.05 bits per heavy atom. The van der Waals surface area contributed by atoms with Gasteiger partial charge in [-0.1, -0.05) is 0 Å². The molecule has 2 N–H and O–H groups in total. The van der Waals surface area contributed by atoms with Crippen LogP contribution in [0.2, 0.25) is 0 Å². The van der Waals surface area contributed by atoms with Gasteiger partial charge in [0, 0.05) is 37.3 Å². The van der Waals surface area contributed by atoms with Crippen molar-refractivity contribution in [1.29, 1.82) is 0 Å². The van der Waals surface area contributed by atoms with Gasteiger partial charge in [-0.2, -0.15) is 0 Å². The largest absolute Gasteiger partial charge is 0.329 e. The quantitative estimate of drug-likeness (QED) is 0.826. The van der Waals surface area contributed by atoms with E-state index in [1.165, 1.54) is 58.2 Å². The molecule has 1 aliphatic carbocycles. The van der Waals surface area contributed by atoms with Crippen LogP contribution in [-0.4, -0.2) is 53.6 Å². The molecule has 1 saturated carbocycles. The molecule has 0 bridgehead atoms. The Morgan fingerprint density at radius 3 is 2.68 bits per heavy atom. The Labute approximate surface area is 118 Å². The minimum atomic E-state index is 0.294. The van der Waals surface area contributed by atoms with E-state index in [2.05, 4.69) is 23.6 Å². The van der Waals surface area contributed by atoms with Gasteiger partial charge in [-0.15, -0.1) is 0 Å². The summed E-state index contributed by atoms with van der Waals surface area (Å²) in [5.74, 6) is 0.965. The van der Waals surface area contributed by atoms with E-state index in [0.717, 1.165) is 18.5 Å². The number of hydrogen-bond donors (Lipinski definition) is 1. The van der Waals surface area contributed by atoms with E-state index in [1.807, 2.05) is 0 Å². The molecule has 0 aromatic carbocycles. The van der Waals surface area contributed by atoms with Gasteiger partial charge in [0.2, 0.25) is 0 Å². The topological polar surface area (TPSA) is 32.5 Å². The number of rotatable bonds is 5. The van der Waals surface area contributed by atoms with E-state index >= 15 is 0 Å². The predicted octanol–water partition coefficient (Wildman–Crippen LogP) is 2.06. The summed E-state index contributed by atoms with van der Waals surface area (Å²) in [6.07, 6.45) is 8.28. The van der Waals surface area contributed by atoms with Crippen LogP contribution in [0.3, 0.4) is 0 Å². The minimum Gasteiger partial charge on any atom is -0.329 e. The highest BCUT2D eigenvalue weighted by Gasteiger charge is 2.46. The third-order valence-electron chi connectivity index (χ3n) is 5.74. The summed E-state index contributed by atoms with van der Waals surface area (Å²) in [6, 6.07) is 1.45. The Morgan fingerprint density at radius 1 is 1.26 bits per heavy atom. The molecule has 0 radical (unpaired) electrons. The maximum Gasteiger partial charge on any atom is 0.0361 e. The van der Waals surface area contributed by atoms with Crippen LogP contribution in [0.1, 0.15) is 52.4 Å². The molecule has 0 amide bonds. The molecule has 3 fully saturated rings. The van der Waals surface area contributed by atoms with Crippen LogP contribution < -0.4 is 5.73 Å². The number of nitrogens with two attached hydrogens (primary N) is 1. The fourth-order valence-electron chi connectivity index (χ4n) is 4.41. The number of fused-ring (bicyclic) bond motifs is 1. The molecule has 2 aliphatic heterocycles. The summed E-state index contributed by atoms with van der Waals surface area (Å²) >= 11 is 0. The van der Waals surface area contributed by atoms with Crippen LogP contribution in [0.4, 0.5) is 0 Å². The highest BCUT2D eigenvalue weighted by Crippen LogP contribution is 2.40. The van der Waals surface area contributed by atoms with E-state index in [-0.39, 0.29) is 0 Å². The van der Waals surface area contributed by atoms with E-state index in [9.17, 15) is 0 Å². The molecular weight excluding hydrogens is 234 g/mol. The molecule has 3 heteroatoms. The molecule has 110 valence electrons. The van der Waals surface area contributed by atoms with Gasteiger partial charge >= 0.3 is 0 Å². The van der Waals surface area contributed by atoms with Gasteiger partial charge in [0.25, 0.3) is 0 Å². The highest BCUT2D eigenvalue weighted by atomic mass is 15.3. The summed E-state index contributed by atoms with van der Waals surface area (Å²) in [5, 5.41) is 0. The molecule has 3 nitrogen and oxygen atoms in total. The molecule has 3 rings (SSSR count). The number of nitrogens with zero attached hydrogens (tertiary/aromatic N) is 2. The first-order valence-corrected chi connectivity index (χ1v) is 8.35. The van der Waals surface area contributed by atoms with Gasteiger partial charge in [-0.05, 0) is 64.8 Å². The monoisotopic (exact) mass is 265 g/mol. The SMILES string of the molecule is CC(C)N(CC1CC1)C1(CN)CCN2CCCC2C1. The van der Waals surface area contributed by atoms with Gasteiger partial charge in [-0.3, -0.25) is 4.90 Å². The molecule has 2 saturated heterocycles. The van der Waals surface area contributed by atoms with E-state index in [0.29, 0.717) is 11.6 Å². The molecule has 0 spiro atoms. The molecule has 3 aliphatic rings. The van der Waals surface area contributed by atoms with Crippen molar-refractivity contribution in [3.8, 4) is 0 Å². The lowest BCUT2D eigenvalue weighted by molar-refractivity contribution is -0.0115. The summed E-state index contributed by atoms with van der Waals surface area (Å²) in [6.45, 7) is 9.47. The second-order valence-electron chi connectivity index (χ2n) is 7.40. The van der Waals surface area contributed by atoms with Crippen molar-refractivity contribution < 1.29 is 0 Å². The zero-order valence-corrected chi connectivity index (χ0v) is 12.8. The predicted molar refractivity (Wildman–Crippen MR) is 80.2 cm³/mol. The second kappa shape index (κ2) is 5.34. The van der Waals surface area contributed by atoms with Crippen molar-refractivity contribution in [2.45, 2.75) is 70.0 Å².